The molecule has 5 nitrogen and oxygen atoms in total. The van der Waals surface area contributed by atoms with Crippen molar-refractivity contribution >= 4 is 15.8 Å². The first-order chi connectivity index (χ1) is 9.47. The first-order valence-corrected chi connectivity index (χ1v) is 8.28. The highest BCUT2D eigenvalue weighted by atomic mass is 32.2. The Morgan fingerprint density at radius 3 is 2.25 bits per heavy atom. The van der Waals surface area contributed by atoms with E-state index in [-0.39, 0.29) is 17.4 Å². The van der Waals surface area contributed by atoms with E-state index >= 15 is 0 Å². The Kier molecular flexibility index (Phi) is 4.77. The zero-order valence-electron chi connectivity index (χ0n) is 11.1. The molecular weight excluding hydrogens is 280 g/mol. The maximum absolute atomic E-state index is 12.3. The standard InChI is InChI=1S/C14H18O5S/c15-14(16)9-11-1-3-12(4-2-11)10-20(17,18)13-5-7-19-8-6-13/h1-4,13H,5-10H2,(H,15,16). The summed E-state index contributed by atoms with van der Waals surface area (Å²) in [5.41, 5.74) is 1.37. The number of ether oxygens (including phenoxy) is 1. The van der Waals surface area contributed by atoms with Gasteiger partial charge in [0.1, 0.15) is 0 Å². The smallest absolute Gasteiger partial charge is 0.307 e. The summed E-state index contributed by atoms with van der Waals surface area (Å²) in [5, 5.41) is 8.36. The first kappa shape index (κ1) is 15.0. The van der Waals surface area contributed by atoms with E-state index in [1.165, 1.54) is 0 Å². The van der Waals surface area contributed by atoms with Gasteiger partial charge in [-0.1, -0.05) is 24.3 Å². The van der Waals surface area contributed by atoms with Gasteiger partial charge in [0, 0.05) is 13.2 Å². The fourth-order valence-electron chi connectivity index (χ4n) is 2.31. The molecule has 0 aliphatic carbocycles. The molecule has 1 aromatic rings. The molecule has 1 heterocycles. The number of benzene rings is 1. The van der Waals surface area contributed by atoms with Crippen molar-refractivity contribution in [3.63, 3.8) is 0 Å². The number of rotatable bonds is 5. The van der Waals surface area contributed by atoms with Gasteiger partial charge < -0.3 is 9.84 Å². The van der Waals surface area contributed by atoms with Crippen LogP contribution in [-0.4, -0.2) is 38.0 Å². The molecule has 0 saturated carbocycles. The first-order valence-electron chi connectivity index (χ1n) is 6.56. The predicted molar refractivity (Wildman–Crippen MR) is 74.2 cm³/mol. The van der Waals surface area contributed by atoms with Crippen LogP contribution in [0.25, 0.3) is 0 Å². The second-order valence-corrected chi connectivity index (χ2v) is 7.29. The Morgan fingerprint density at radius 1 is 1.15 bits per heavy atom. The Hall–Kier alpha value is -1.40. The van der Waals surface area contributed by atoms with E-state index < -0.39 is 15.8 Å². The molecule has 110 valence electrons. The third-order valence-corrected chi connectivity index (χ3v) is 5.65. The zero-order chi connectivity index (χ0) is 14.6. The minimum Gasteiger partial charge on any atom is -0.481 e. The van der Waals surface area contributed by atoms with Crippen LogP contribution in [0.1, 0.15) is 24.0 Å². The Bertz CT molecular complexity index is 556. The molecule has 0 bridgehead atoms. The van der Waals surface area contributed by atoms with Crippen LogP contribution >= 0.6 is 0 Å². The van der Waals surface area contributed by atoms with Gasteiger partial charge in [0.25, 0.3) is 0 Å². The number of hydrogen-bond donors (Lipinski definition) is 1. The molecule has 1 aliphatic rings. The lowest BCUT2D eigenvalue weighted by molar-refractivity contribution is -0.136. The third kappa shape index (κ3) is 4.05. The summed E-state index contributed by atoms with van der Waals surface area (Å²) in [6.07, 6.45) is 1.06. The quantitative estimate of drug-likeness (QED) is 0.889. The molecule has 1 saturated heterocycles. The largest absolute Gasteiger partial charge is 0.481 e. The minimum atomic E-state index is -3.17. The van der Waals surface area contributed by atoms with Crippen LogP contribution in [0.2, 0.25) is 0 Å². The lowest BCUT2D eigenvalue weighted by atomic mass is 10.1. The topological polar surface area (TPSA) is 80.7 Å². The highest BCUT2D eigenvalue weighted by Crippen LogP contribution is 2.20. The van der Waals surface area contributed by atoms with Crippen molar-refractivity contribution in [1.82, 2.24) is 0 Å². The van der Waals surface area contributed by atoms with Crippen molar-refractivity contribution in [1.29, 1.82) is 0 Å². The van der Waals surface area contributed by atoms with Gasteiger partial charge in [-0.2, -0.15) is 0 Å². The molecule has 1 N–H and O–H groups in total. The van der Waals surface area contributed by atoms with Crippen LogP contribution in [0, 0.1) is 0 Å². The number of carboxylic acid groups (broad SMARTS) is 1. The molecule has 0 aromatic heterocycles. The molecule has 0 atom stereocenters. The summed E-state index contributed by atoms with van der Waals surface area (Å²) < 4.78 is 29.7. The Balaban J connectivity index is 2.03. The number of aliphatic carboxylic acids is 1. The van der Waals surface area contributed by atoms with Crippen molar-refractivity contribution < 1.29 is 23.1 Å². The SMILES string of the molecule is O=C(O)Cc1ccc(CS(=O)(=O)C2CCOCC2)cc1. The number of sulfone groups is 1. The molecule has 2 rings (SSSR count). The van der Waals surface area contributed by atoms with Crippen LogP contribution < -0.4 is 0 Å². The second kappa shape index (κ2) is 6.37. The highest BCUT2D eigenvalue weighted by Gasteiger charge is 2.27. The molecule has 0 radical (unpaired) electrons. The fourth-order valence-corrected chi connectivity index (χ4v) is 4.12. The van der Waals surface area contributed by atoms with Crippen LogP contribution in [-0.2, 0) is 31.5 Å². The fraction of sp³-hybridized carbons (Fsp3) is 0.500. The van der Waals surface area contributed by atoms with E-state index in [0.29, 0.717) is 37.2 Å². The molecule has 6 heteroatoms. The molecule has 1 fully saturated rings. The maximum atomic E-state index is 12.3. The van der Waals surface area contributed by atoms with Gasteiger partial charge in [-0.25, -0.2) is 8.42 Å². The summed E-state index contributed by atoms with van der Waals surface area (Å²) in [7, 11) is -3.17. The summed E-state index contributed by atoms with van der Waals surface area (Å²) in [5.74, 6) is -0.891. The number of carboxylic acids is 1. The van der Waals surface area contributed by atoms with Crippen LogP contribution in [0.5, 0.6) is 0 Å². The molecular formula is C14H18O5S. The predicted octanol–water partition coefficient (Wildman–Crippen LogP) is 1.41. The Morgan fingerprint density at radius 2 is 1.70 bits per heavy atom. The lowest BCUT2D eigenvalue weighted by Gasteiger charge is -2.22. The van der Waals surface area contributed by atoms with E-state index in [1.807, 2.05) is 0 Å². The van der Waals surface area contributed by atoms with Crippen LogP contribution in [0.15, 0.2) is 24.3 Å². The normalized spacial score (nSPS) is 17.0. The summed E-state index contributed by atoms with van der Waals surface area (Å²) in [6.45, 7) is 1.00. The summed E-state index contributed by atoms with van der Waals surface area (Å²) in [6, 6.07) is 6.72. The van der Waals surface area contributed by atoms with Crippen molar-refractivity contribution in [2.24, 2.45) is 0 Å². The van der Waals surface area contributed by atoms with E-state index in [4.69, 9.17) is 9.84 Å². The van der Waals surface area contributed by atoms with Crippen molar-refractivity contribution in [3.05, 3.63) is 35.4 Å². The van der Waals surface area contributed by atoms with Gasteiger partial charge in [0.15, 0.2) is 9.84 Å². The second-order valence-electron chi connectivity index (χ2n) is 5.01. The van der Waals surface area contributed by atoms with Crippen LogP contribution in [0.4, 0.5) is 0 Å². The third-order valence-electron chi connectivity index (χ3n) is 3.42. The van der Waals surface area contributed by atoms with Crippen molar-refractivity contribution in [3.8, 4) is 0 Å². The van der Waals surface area contributed by atoms with Gasteiger partial charge in [0.05, 0.1) is 17.4 Å². The Labute approximate surface area is 118 Å². The van der Waals surface area contributed by atoms with E-state index in [1.54, 1.807) is 24.3 Å². The van der Waals surface area contributed by atoms with Gasteiger partial charge >= 0.3 is 5.97 Å². The highest BCUT2D eigenvalue weighted by molar-refractivity contribution is 7.91. The lowest BCUT2D eigenvalue weighted by Crippen LogP contribution is -2.29. The van der Waals surface area contributed by atoms with Gasteiger partial charge in [0.2, 0.25) is 0 Å². The van der Waals surface area contributed by atoms with Gasteiger partial charge in [-0.05, 0) is 24.0 Å². The van der Waals surface area contributed by atoms with Crippen molar-refractivity contribution in [2.75, 3.05) is 13.2 Å². The van der Waals surface area contributed by atoms with E-state index in [2.05, 4.69) is 0 Å². The maximum Gasteiger partial charge on any atom is 0.307 e. The minimum absolute atomic E-state index is 0.00498. The van der Waals surface area contributed by atoms with E-state index in [9.17, 15) is 13.2 Å². The van der Waals surface area contributed by atoms with Gasteiger partial charge in [-0.15, -0.1) is 0 Å². The van der Waals surface area contributed by atoms with E-state index in [0.717, 1.165) is 0 Å². The van der Waals surface area contributed by atoms with Crippen molar-refractivity contribution in [2.45, 2.75) is 30.3 Å². The monoisotopic (exact) mass is 298 g/mol. The zero-order valence-corrected chi connectivity index (χ0v) is 11.9. The molecule has 0 unspecified atom stereocenters. The molecule has 20 heavy (non-hydrogen) atoms. The van der Waals surface area contributed by atoms with Gasteiger partial charge in [-0.3, -0.25) is 4.79 Å². The summed E-state index contributed by atoms with van der Waals surface area (Å²) >= 11 is 0. The molecule has 1 aliphatic heterocycles. The molecule has 0 spiro atoms. The summed E-state index contributed by atoms with van der Waals surface area (Å²) in [4.78, 5) is 10.6. The molecule has 1 aromatic carbocycles. The number of hydrogen-bond acceptors (Lipinski definition) is 4. The number of carbonyl (C=O) groups is 1. The molecule has 0 amide bonds. The van der Waals surface area contributed by atoms with Crippen LogP contribution in [0.3, 0.4) is 0 Å². The average Bonchev–Trinajstić information content (AvgIpc) is 2.41. The average molecular weight is 298 g/mol.